The molecule has 33 heavy (non-hydrogen) atoms. The van der Waals surface area contributed by atoms with Crippen LogP contribution in [-0.2, 0) is 16.6 Å². The second-order valence-electron chi connectivity index (χ2n) is 8.51. The van der Waals surface area contributed by atoms with Gasteiger partial charge < -0.3 is 4.57 Å². The van der Waals surface area contributed by atoms with Crippen LogP contribution in [0.15, 0.2) is 53.6 Å². The molecule has 0 aliphatic carbocycles. The van der Waals surface area contributed by atoms with Gasteiger partial charge in [0, 0.05) is 55.4 Å². The Kier molecular flexibility index (Phi) is 6.66. The number of carbonyl (C=O) groups is 1. The molecule has 8 heteroatoms. The minimum atomic E-state index is -3.55. The van der Waals surface area contributed by atoms with Crippen molar-refractivity contribution >= 4 is 26.7 Å². The number of hydrogen-bond donors (Lipinski definition) is 0. The van der Waals surface area contributed by atoms with Crippen molar-refractivity contribution in [3.05, 3.63) is 65.4 Å². The van der Waals surface area contributed by atoms with Crippen LogP contribution in [0.1, 0.15) is 27.9 Å². The summed E-state index contributed by atoms with van der Waals surface area (Å²) in [5.74, 6) is 0.00683. The highest BCUT2D eigenvalue weighted by molar-refractivity contribution is 7.89. The molecule has 0 saturated carbocycles. The van der Waals surface area contributed by atoms with Gasteiger partial charge in [0.15, 0.2) is 5.78 Å². The summed E-state index contributed by atoms with van der Waals surface area (Å²) >= 11 is 0. The lowest BCUT2D eigenvalue weighted by atomic mass is 10.1. The van der Waals surface area contributed by atoms with E-state index in [4.69, 9.17) is 5.26 Å². The standard InChI is InChI=1S/C25H28N4O3S/c1-19-8-9-21(16-20(19)2)33(31,32)29-14-12-27(13-15-29)18-25(30)23-17-28(11-5-10-26)24-7-4-3-6-22(23)24/h3-4,6-9,16-17H,5,11-15,18H2,1-2H3. The minimum absolute atomic E-state index is 0.00683. The number of fused-ring (bicyclic) bond motifs is 1. The average molecular weight is 465 g/mol. The Bertz CT molecular complexity index is 1330. The first kappa shape index (κ1) is 23.2. The van der Waals surface area contributed by atoms with Crippen molar-refractivity contribution in [3.63, 3.8) is 0 Å². The van der Waals surface area contributed by atoms with Crippen LogP contribution in [0.5, 0.6) is 0 Å². The number of hydrogen-bond acceptors (Lipinski definition) is 5. The van der Waals surface area contributed by atoms with Gasteiger partial charge in [0.1, 0.15) is 0 Å². The van der Waals surface area contributed by atoms with Crippen molar-refractivity contribution in [1.82, 2.24) is 13.8 Å². The predicted octanol–water partition coefficient (Wildman–Crippen LogP) is 3.36. The third-order valence-electron chi connectivity index (χ3n) is 6.37. The van der Waals surface area contributed by atoms with Crippen molar-refractivity contribution in [1.29, 1.82) is 5.26 Å². The summed E-state index contributed by atoms with van der Waals surface area (Å²) in [5.41, 5.74) is 3.61. The van der Waals surface area contributed by atoms with Crippen LogP contribution in [-0.4, -0.2) is 60.7 Å². The fourth-order valence-corrected chi connectivity index (χ4v) is 5.77. The maximum absolute atomic E-state index is 13.1. The smallest absolute Gasteiger partial charge is 0.243 e. The molecule has 1 aliphatic rings. The van der Waals surface area contributed by atoms with E-state index < -0.39 is 10.0 Å². The first-order valence-electron chi connectivity index (χ1n) is 11.1. The summed E-state index contributed by atoms with van der Waals surface area (Å²) in [6, 6.07) is 15.1. The van der Waals surface area contributed by atoms with E-state index in [1.807, 2.05) is 59.8 Å². The minimum Gasteiger partial charge on any atom is -0.346 e. The van der Waals surface area contributed by atoms with Gasteiger partial charge in [0.2, 0.25) is 10.0 Å². The number of benzene rings is 2. The van der Waals surface area contributed by atoms with E-state index >= 15 is 0 Å². The second kappa shape index (κ2) is 9.48. The Morgan fingerprint density at radius 2 is 1.76 bits per heavy atom. The quantitative estimate of drug-likeness (QED) is 0.501. The van der Waals surface area contributed by atoms with E-state index in [2.05, 4.69) is 6.07 Å². The molecule has 0 bridgehead atoms. The maximum Gasteiger partial charge on any atom is 0.243 e. The number of para-hydroxylation sites is 1. The summed E-state index contributed by atoms with van der Waals surface area (Å²) in [7, 11) is -3.55. The molecule has 1 aromatic heterocycles. The van der Waals surface area contributed by atoms with Gasteiger partial charge in [0.05, 0.1) is 23.9 Å². The van der Waals surface area contributed by atoms with Crippen LogP contribution >= 0.6 is 0 Å². The zero-order valence-corrected chi connectivity index (χ0v) is 19.8. The van der Waals surface area contributed by atoms with Gasteiger partial charge in [-0.1, -0.05) is 24.3 Å². The first-order valence-corrected chi connectivity index (χ1v) is 12.5. The molecule has 0 atom stereocenters. The van der Waals surface area contributed by atoms with Gasteiger partial charge in [-0.15, -0.1) is 0 Å². The largest absolute Gasteiger partial charge is 0.346 e. The van der Waals surface area contributed by atoms with Gasteiger partial charge in [-0.05, 0) is 43.2 Å². The Hall–Kier alpha value is -2.99. The van der Waals surface area contributed by atoms with Gasteiger partial charge in [0.25, 0.3) is 0 Å². The molecule has 7 nitrogen and oxygen atoms in total. The van der Waals surface area contributed by atoms with Crippen LogP contribution in [0.25, 0.3) is 10.9 Å². The molecule has 0 spiro atoms. The van der Waals surface area contributed by atoms with Crippen molar-refractivity contribution in [2.24, 2.45) is 0 Å². The van der Waals surface area contributed by atoms with E-state index in [1.54, 1.807) is 12.1 Å². The van der Waals surface area contributed by atoms with Crippen molar-refractivity contribution < 1.29 is 13.2 Å². The molecule has 2 heterocycles. The second-order valence-corrected chi connectivity index (χ2v) is 10.4. The van der Waals surface area contributed by atoms with E-state index in [0.29, 0.717) is 49.6 Å². The van der Waals surface area contributed by atoms with Crippen LogP contribution in [0, 0.1) is 25.2 Å². The topological polar surface area (TPSA) is 86.4 Å². The molecule has 0 amide bonds. The van der Waals surface area contributed by atoms with Gasteiger partial charge in [-0.2, -0.15) is 9.57 Å². The molecule has 4 rings (SSSR count). The van der Waals surface area contributed by atoms with Crippen molar-refractivity contribution in [2.75, 3.05) is 32.7 Å². The first-order chi connectivity index (χ1) is 15.8. The Balaban J connectivity index is 1.44. The Labute approximate surface area is 194 Å². The monoisotopic (exact) mass is 464 g/mol. The number of aryl methyl sites for hydroxylation is 3. The van der Waals surface area contributed by atoms with Gasteiger partial charge in [-0.3, -0.25) is 9.69 Å². The third-order valence-corrected chi connectivity index (χ3v) is 8.26. The molecule has 2 aromatic carbocycles. The summed E-state index contributed by atoms with van der Waals surface area (Å²) in [6.45, 7) is 6.37. The maximum atomic E-state index is 13.1. The number of sulfonamides is 1. The molecule has 3 aromatic rings. The number of nitrogens with zero attached hydrogens (tertiary/aromatic N) is 4. The number of Topliss-reactive ketones (excluding diaryl/α,β-unsaturated/α-hetero) is 1. The Morgan fingerprint density at radius 1 is 1.03 bits per heavy atom. The fourth-order valence-electron chi connectivity index (χ4n) is 4.26. The number of aromatic nitrogens is 1. The molecular formula is C25H28N4O3S. The van der Waals surface area contributed by atoms with E-state index in [9.17, 15) is 13.2 Å². The number of ketones is 1. The van der Waals surface area contributed by atoms with Crippen LogP contribution in [0.2, 0.25) is 0 Å². The van der Waals surface area contributed by atoms with E-state index in [-0.39, 0.29) is 12.3 Å². The molecule has 172 valence electrons. The molecule has 1 fully saturated rings. The number of rotatable bonds is 7. The molecular weight excluding hydrogens is 436 g/mol. The van der Waals surface area contributed by atoms with E-state index in [0.717, 1.165) is 22.0 Å². The highest BCUT2D eigenvalue weighted by Gasteiger charge is 2.29. The molecule has 1 saturated heterocycles. The number of carbonyl (C=O) groups excluding carboxylic acids is 1. The molecule has 1 aliphatic heterocycles. The zero-order valence-electron chi connectivity index (χ0n) is 19.0. The SMILES string of the molecule is Cc1ccc(S(=O)(=O)N2CCN(CC(=O)c3cn(CCC#N)c4ccccc34)CC2)cc1C. The summed E-state index contributed by atoms with van der Waals surface area (Å²) in [4.78, 5) is 15.5. The van der Waals surface area contributed by atoms with Crippen LogP contribution in [0.3, 0.4) is 0 Å². The van der Waals surface area contributed by atoms with Crippen molar-refractivity contribution in [2.45, 2.75) is 31.7 Å². The summed E-state index contributed by atoms with van der Waals surface area (Å²) < 4.78 is 29.6. The zero-order chi connectivity index (χ0) is 23.6. The molecule has 0 N–H and O–H groups in total. The lowest BCUT2D eigenvalue weighted by Crippen LogP contribution is -2.49. The molecule has 0 radical (unpaired) electrons. The number of nitriles is 1. The Morgan fingerprint density at radius 3 is 2.45 bits per heavy atom. The average Bonchev–Trinajstić information content (AvgIpc) is 3.18. The van der Waals surface area contributed by atoms with Crippen LogP contribution < -0.4 is 0 Å². The predicted molar refractivity (Wildman–Crippen MR) is 128 cm³/mol. The summed E-state index contributed by atoms with van der Waals surface area (Å²) in [5, 5.41) is 9.81. The molecule has 0 unspecified atom stereocenters. The van der Waals surface area contributed by atoms with Gasteiger partial charge >= 0.3 is 0 Å². The highest BCUT2D eigenvalue weighted by Crippen LogP contribution is 2.24. The normalized spacial score (nSPS) is 15.5. The highest BCUT2D eigenvalue weighted by atomic mass is 32.2. The lowest BCUT2D eigenvalue weighted by molar-refractivity contribution is 0.0903. The fraction of sp³-hybridized carbons (Fsp3) is 0.360. The lowest BCUT2D eigenvalue weighted by Gasteiger charge is -2.33. The number of piperazine rings is 1. The third kappa shape index (κ3) is 4.71. The van der Waals surface area contributed by atoms with Crippen molar-refractivity contribution in [3.8, 4) is 6.07 Å². The van der Waals surface area contributed by atoms with E-state index in [1.165, 1.54) is 4.31 Å². The van der Waals surface area contributed by atoms with Gasteiger partial charge in [-0.25, -0.2) is 8.42 Å². The summed E-state index contributed by atoms with van der Waals surface area (Å²) in [6.07, 6.45) is 2.22. The van der Waals surface area contributed by atoms with Crippen LogP contribution in [0.4, 0.5) is 0 Å².